The molecule has 0 saturated heterocycles. The average Bonchev–Trinajstić information content (AvgIpc) is 2.14. The molecule has 1 heteroatoms. The van der Waals surface area contributed by atoms with E-state index in [0.29, 0.717) is 5.56 Å². The second-order valence-corrected chi connectivity index (χ2v) is 6.40. The lowest BCUT2D eigenvalue weighted by Crippen LogP contribution is -2.17. The normalized spacial score (nSPS) is 12.6. The fourth-order valence-electron chi connectivity index (χ4n) is 1.55. The van der Waals surface area contributed by atoms with Crippen LogP contribution in [0, 0.1) is 0 Å². The Bertz CT molecular complexity index is 357. The van der Waals surface area contributed by atoms with Gasteiger partial charge in [0.15, 0.2) is 0 Å². The standard InChI is InChI=1S/C15H21O/c1-14(2,3)12-7-11(10-16)8-13(9-12)15(4,5)6/h7-9H,1-6H3. The molecule has 1 rings (SSSR count). The molecule has 0 amide bonds. The van der Waals surface area contributed by atoms with Gasteiger partial charge in [-0.1, -0.05) is 47.6 Å². The summed E-state index contributed by atoms with van der Waals surface area (Å²) in [5.41, 5.74) is 3.16. The van der Waals surface area contributed by atoms with Gasteiger partial charge in [0.05, 0.1) is 0 Å². The van der Waals surface area contributed by atoms with Gasteiger partial charge in [0.2, 0.25) is 6.29 Å². The van der Waals surface area contributed by atoms with Gasteiger partial charge in [-0.25, -0.2) is 0 Å². The molecule has 1 radical (unpaired) electrons. The maximum Gasteiger partial charge on any atom is 0.233 e. The maximum atomic E-state index is 10.8. The number of rotatable bonds is 1. The molecule has 87 valence electrons. The molecule has 0 heterocycles. The van der Waals surface area contributed by atoms with Crippen molar-refractivity contribution in [2.24, 2.45) is 0 Å². The third-order valence-electron chi connectivity index (χ3n) is 2.78. The highest BCUT2D eigenvalue weighted by molar-refractivity contribution is 5.76. The smallest absolute Gasteiger partial charge is 0.233 e. The van der Waals surface area contributed by atoms with Crippen LogP contribution in [0.5, 0.6) is 0 Å². The van der Waals surface area contributed by atoms with E-state index >= 15 is 0 Å². The lowest BCUT2D eigenvalue weighted by Gasteiger charge is -2.25. The summed E-state index contributed by atoms with van der Waals surface area (Å²) in [5, 5.41) is 0. The molecule has 1 nitrogen and oxygen atoms in total. The zero-order chi connectivity index (χ0) is 12.6. The molecule has 0 fully saturated rings. The molecule has 16 heavy (non-hydrogen) atoms. The van der Waals surface area contributed by atoms with Crippen molar-refractivity contribution in [1.29, 1.82) is 0 Å². The molecule has 0 saturated carbocycles. The molecule has 0 aromatic heterocycles. The van der Waals surface area contributed by atoms with Crippen molar-refractivity contribution in [1.82, 2.24) is 0 Å². The zero-order valence-corrected chi connectivity index (χ0v) is 11.1. The van der Waals surface area contributed by atoms with Crippen LogP contribution in [-0.2, 0) is 15.6 Å². The fraction of sp³-hybridized carbons (Fsp3) is 0.533. The predicted octanol–water partition coefficient (Wildman–Crippen LogP) is 3.74. The van der Waals surface area contributed by atoms with E-state index in [0.717, 1.165) is 0 Å². The van der Waals surface area contributed by atoms with Crippen molar-refractivity contribution in [3.05, 3.63) is 34.9 Å². The van der Waals surface area contributed by atoms with E-state index in [-0.39, 0.29) is 10.8 Å². The van der Waals surface area contributed by atoms with Gasteiger partial charge in [-0.15, -0.1) is 0 Å². The monoisotopic (exact) mass is 217 g/mol. The van der Waals surface area contributed by atoms with Gasteiger partial charge in [-0.05, 0) is 34.1 Å². The summed E-state index contributed by atoms with van der Waals surface area (Å²) in [5.74, 6) is 0. The van der Waals surface area contributed by atoms with E-state index in [1.807, 2.05) is 18.4 Å². The summed E-state index contributed by atoms with van der Waals surface area (Å²) in [6, 6.07) is 6.06. The molecule has 0 unspecified atom stereocenters. The molecule has 0 aliphatic rings. The van der Waals surface area contributed by atoms with Gasteiger partial charge in [0.1, 0.15) is 0 Å². The maximum absolute atomic E-state index is 10.8. The van der Waals surface area contributed by atoms with Crippen LogP contribution in [0.4, 0.5) is 0 Å². The van der Waals surface area contributed by atoms with E-state index in [1.54, 1.807) is 0 Å². The molecular formula is C15H21O. The summed E-state index contributed by atoms with van der Waals surface area (Å²) in [6.45, 7) is 12.9. The van der Waals surface area contributed by atoms with Gasteiger partial charge in [-0.3, -0.25) is 4.79 Å². The predicted molar refractivity (Wildman–Crippen MR) is 68.6 cm³/mol. The van der Waals surface area contributed by atoms with Crippen molar-refractivity contribution in [3.63, 3.8) is 0 Å². The Labute approximate surface area is 98.9 Å². The van der Waals surface area contributed by atoms with Crippen molar-refractivity contribution in [2.45, 2.75) is 52.4 Å². The van der Waals surface area contributed by atoms with Gasteiger partial charge in [-0.2, -0.15) is 0 Å². The SMILES string of the molecule is CC(C)(C)c1cc([C]=O)cc(C(C)(C)C)c1. The first-order valence-corrected chi connectivity index (χ1v) is 5.69. The van der Waals surface area contributed by atoms with Crippen molar-refractivity contribution < 1.29 is 4.79 Å². The molecule has 0 spiro atoms. The highest BCUT2D eigenvalue weighted by atomic mass is 16.1. The van der Waals surface area contributed by atoms with Gasteiger partial charge in [0, 0.05) is 5.56 Å². The third kappa shape index (κ3) is 2.94. The Morgan fingerprint density at radius 3 is 1.44 bits per heavy atom. The Morgan fingerprint density at radius 2 is 1.19 bits per heavy atom. The van der Waals surface area contributed by atoms with Crippen LogP contribution in [0.25, 0.3) is 0 Å². The lowest BCUT2D eigenvalue weighted by molar-refractivity contribution is 0.558. The minimum absolute atomic E-state index is 0.0624. The zero-order valence-electron chi connectivity index (χ0n) is 11.1. The molecule has 1 aromatic carbocycles. The largest absolute Gasteiger partial charge is 0.285 e. The van der Waals surface area contributed by atoms with E-state index in [2.05, 4.69) is 47.6 Å². The molecule has 1 aromatic rings. The molecule has 0 atom stereocenters. The first-order chi connectivity index (χ1) is 7.14. The van der Waals surface area contributed by atoms with Crippen molar-refractivity contribution >= 4 is 6.29 Å². The quantitative estimate of drug-likeness (QED) is 0.700. The van der Waals surface area contributed by atoms with Crippen LogP contribution in [0.2, 0.25) is 0 Å². The Kier molecular flexibility index (Phi) is 3.27. The van der Waals surface area contributed by atoms with Crippen LogP contribution in [0.15, 0.2) is 18.2 Å². The first-order valence-electron chi connectivity index (χ1n) is 5.69. The van der Waals surface area contributed by atoms with Crippen LogP contribution in [0.3, 0.4) is 0 Å². The Morgan fingerprint density at radius 1 is 0.812 bits per heavy atom. The minimum atomic E-state index is 0.0624. The minimum Gasteiger partial charge on any atom is -0.285 e. The highest BCUT2D eigenvalue weighted by Crippen LogP contribution is 2.29. The van der Waals surface area contributed by atoms with Crippen LogP contribution in [-0.4, -0.2) is 6.29 Å². The van der Waals surface area contributed by atoms with Crippen molar-refractivity contribution in [2.75, 3.05) is 0 Å². The van der Waals surface area contributed by atoms with E-state index in [1.165, 1.54) is 11.1 Å². The second-order valence-electron chi connectivity index (χ2n) is 6.40. The molecule has 0 aliphatic carbocycles. The van der Waals surface area contributed by atoms with Crippen molar-refractivity contribution in [3.8, 4) is 0 Å². The molecular weight excluding hydrogens is 196 g/mol. The third-order valence-corrected chi connectivity index (χ3v) is 2.78. The summed E-state index contributed by atoms with van der Waals surface area (Å²) in [6.07, 6.45) is 2.00. The van der Waals surface area contributed by atoms with Gasteiger partial charge in [0.25, 0.3) is 0 Å². The van der Waals surface area contributed by atoms with Crippen LogP contribution >= 0.6 is 0 Å². The number of hydrogen-bond acceptors (Lipinski definition) is 1. The topological polar surface area (TPSA) is 17.1 Å². The summed E-state index contributed by atoms with van der Waals surface area (Å²) in [7, 11) is 0. The average molecular weight is 217 g/mol. The van der Waals surface area contributed by atoms with Gasteiger partial charge < -0.3 is 0 Å². The second kappa shape index (κ2) is 4.04. The highest BCUT2D eigenvalue weighted by Gasteiger charge is 2.20. The lowest BCUT2D eigenvalue weighted by atomic mass is 9.80. The number of hydrogen-bond donors (Lipinski definition) is 0. The van der Waals surface area contributed by atoms with E-state index in [9.17, 15) is 4.79 Å². The molecule has 0 N–H and O–H groups in total. The summed E-state index contributed by atoms with van der Waals surface area (Å²) in [4.78, 5) is 10.8. The molecule has 0 bridgehead atoms. The van der Waals surface area contributed by atoms with Gasteiger partial charge >= 0.3 is 0 Å². The Hall–Kier alpha value is -1.11. The molecule has 0 aliphatic heterocycles. The fourth-order valence-corrected chi connectivity index (χ4v) is 1.55. The summed E-state index contributed by atoms with van der Waals surface area (Å²) >= 11 is 0. The Balaban J connectivity index is 3.39. The summed E-state index contributed by atoms with van der Waals surface area (Å²) < 4.78 is 0. The van der Waals surface area contributed by atoms with E-state index < -0.39 is 0 Å². The number of carbonyl (C=O) groups excluding carboxylic acids is 1. The first kappa shape index (κ1) is 13.0. The van der Waals surface area contributed by atoms with Crippen LogP contribution < -0.4 is 0 Å². The van der Waals surface area contributed by atoms with Crippen LogP contribution in [0.1, 0.15) is 58.2 Å². The van der Waals surface area contributed by atoms with E-state index in [4.69, 9.17) is 0 Å². The number of benzene rings is 1.